The molecule has 0 unspecified atom stereocenters. The smallest absolute Gasteiger partial charge is 0.0749 e. The van der Waals surface area contributed by atoms with Gasteiger partial charge < -0.3 is 9.64 Å². The van der Waals surface area contributed by atoms with Crippen molar-refractivity contribution >= 4 is 0 Å². The van der Waals surface area contributed by atoms with Gasteiger partial charge in [0.15, 0.2) is 0 Å². The van der Waals surface area contributed by atoms with Crippen molar-refractivity contribution in [1.82, 2.24) is 9.80 Å². The standard InChI is InChI=1S/C17H36N2O/c1-16(2,3)9-7-8-10-18-11-13-19(14-12-18)15-17(4,5)20-6/h7-15H2,1-6H3. The van der Waals surface area contributed by atoms with Gasteiger partial charge in [0.25, 0.3) is 0 Å². The number of unbranched alkanes of at least 4 members (excludes halogenated alkanes) is 1. The molecule has 0 aromatic carbocycles. The van der Waals surface area contributed by atoms with Crippen molar-refractivity contribution < 1.29 is 4.74 Å². The Morgan fingerprint density at radius 2 is 1.40 bits per heavy atom. The number of ether oxygens (including phenoxy) is 1. The normalized spacial score (nSPS) is 19.5. The highest BCUT2D eigenvalue weighted by Gasteiger charge is 2.24. The fourth-order valence-corrected chi connectivity index (χ4v) is 2.76. The molecule has 0 bridgehead atoms. The van der Waals surface area contributed by atoms with Gasteiger partial charge in [-0.25, -0.2) is 0 Å². The Bertz CT molecular complexity index is 263. The van der Waals surface area contributed by atoms with Gasteiger partial charge in [-0.05, 0) is 38.6 Å². The Hall–Kier alpha value is -0.120. The minimum absolute atomic E-state index is 0.0190. The van der Waals surface area contributed by atoms with Gasteiger partial charge in [-0.1, -0.05) is 27.2 Å². The van der Waals surface area contributed by atoms with E-state index in [4.69, 9.17) is 4.74 Å². The summed E-state index contributed by atoms with van der Waals surface area (Å²) in [6.45, 7) is 18.5. The van der Waals surface area contributed by atoms with E-state index in [1.165, 1.54) is 52.0 Å². The van der Waals surface area contributed by atoms with Gasteiger partial charge in [-0.3, -0.25) is 4.90 Å². The van der Waals surface area contributed by atoms with Gasteiger partial charge in [-0.2, -0.15) is 0 Å². The fourth-order valence-electron chi connectivity index (χ4n) is 2.76. The first-order valence-corrected chi connectivity index (χ1v) is 8.22. The summed E-state index contributed by atoms with van der Waals surface area (Å²) < 4.78 is 5.52. The number of hydrogen-bond acceptors (Lipinski definition) is 3. The van der Waals surface area contributed by atoms with Crippen molar-refractivity contribution in [1.29, 1.82) is 0 Å². The molecule has 1 saturated heterocycles. The lowest BCUT2D eigenvalue weighted by Gasteiger charge is -2.38. The van der Waals surface area contributed by atoms with Crippen LogP contribution in [0, 0.1) is 5.41 Å². The number of rotatable bonds is 7. The molecule has 0 atom stereocenters. The van der Waals surface area contributed by atoms with E-state index in [1.807, 2.05) is 7.11 Å². The zero-order chi connectivity index (χ0) is 15.2. The molecule has 1 aliphatic rings. The Kier molecular flexibility index (Phi) is 6.96. The summed E-state index contributed by atoms with van der Waals surface area (Å²) in [6, 6.07) is 0. The van der Waals surface area contributed by atoms with Crippen LogP contribution in [0.4, 0.5) is 0 Å². The molecule has 3 nitrogen and oxygen atoms in total. The van der Waals surface area contributed by atoms with E-state index < -0.39 is 0 Å². The van der Waals surface area contributed by atoms with Gasteiger partial charge in [0.1, 0.15) is 0 Å². The van der Waals surface area contributed by atoms with Crippen molar-refractivity contribution in [3.8, 4) is 0 Å². The first-order valence-electron chi connectivity index (χ1n) is 8.22. The van der Waals surface area contributed by atoms with Crippen LogP contribution in [0.15, 0.2) is 0 Å². The van der Waals surface area contributed by atoms with Gasteiger partial charge in [-0.15, -0.1) is 0 Å². The topological polar surface area (TPSA) is 15.7 Å². The molecule has 0 spiro atoms. The van der Waals surface area contributed by atoms with Crippen LogP contribution in [0.25, 0.3) is 0 Å². The maximum absolute atomic E-state index is 5.52. The van der Waals surface area contributed by atoms with E-state index in [-0.39, 0.29) is 5.60 Å². The highest BCUT2D eigenvalue weighted by molar-refractivity contribution is 4.79. The Balaban J connectivity index is 2.13. The fraction of sp³-hybridized carbons (Fsp3) is 1.00. The summed E-state index contributed by atoms with van der Waals surface area (Å²) >= 11 is 0. The van der Waals surface area contributed by atoms with E-state index in [2.05, 4.69) is 44.4 Å². The Morgan fingerprint density at radius 1 is 0.850 bits per heavy atom. The van der Waals surface area contributed by atoms with Crippen molar-refractivity contribution in [2.24, 2.45) is 5.41 Å². The molecule has 120 valence electrons. The molecule has 0 radical (unpaired) electrons. The molecule has 0 aromatic heterocycles. The summed E-state index contributed by atoms with van der Waals surface area (Å²) in [6.07, 6.45) is 4.05. The largest absolute Gasteiger partial charge is 0.377 e. The highest BCUT2D eigenvalue weighted by atomic mass is 16.5. The second kappa shape index (κ2) is 7.77. The number of methoxy groups -OCH3 is 1. The summed E-state index contributed by atoms with van der Waals surface area (Å²) in [5.74, 6) is 0. The molecule has 0 saturated carbocycles. The third-order valence-corrected chi connectivity index (χ3v) is 4.27. The van der Waals surface area contributed by atoms with Crippen LogP contribution in [0.5, 0.6) is 0 Å². The molecular weight excluding hydrogens is 248 g/mol. The molecule has 0 amide bonds. The zero-order valence-electron chi connectivity index (χ0n) is 14.7. The van der Waals surface area contributed by atoms with Gasteiger partial charge in [0, 0.05) is 39.8 Å². The third-order valence-electron chi connectivity index (χ3n) is 4.27. The summed E-state index contributed by atoms with van der Waals surface area (Å²) in [5.41, 5.74) is 0.472. The van der Waals surface area contributed by atoms with Gasteiger partial charge in [0.2, 0.25) is 0 Å². The molecule has 0 aromatic rings. The first-order chi connectivity index (χ1) is 9.22. The lowest BCUT2D eigenvalue weighted by atomic mass is 9.90. The molecule has 1 fully saturated rings. The number of hydrogen-bond donors (Lipinski definition) is 0. The lowest BCUT2D eigenvalue weighted by molar-refractivity contribution is -0.0181. The number of nitrogens with zero attached hydrogens (tertiary/aromatic N) is 2. The second-order valence-corrected chi connectivity index (χ2v) is 8.10. The van der Waals surface area contributed by atoms with Crippen LogP contribution in [0.1, 0.15) is 53.9 Å². The average Bonchev–Trinajstić information content (AvgIpc) is 2.35. The molecular formula is C17H36N2O. The van der Waals surface area contributed by atoms with Crippen molar-refractivity contribution in [3.05, 3.63) is 0 Å². The molecule has 1 aliphatic heterocycles. The zero-order valence-corrected chi connectivity index (χ0v) is 14.7. The molecule has 3 heteroatoms. The van der Waals surface area contributed by atoms with Crippen LogP contribution in [0.2, 0.25) is 0 Å². The SMILES string of the molecule is COC(C)(C)CN1CCN(CCCCC(C)(C)C)CC1. The Morgan fingerprint density at radius 3 is 1.90 bits per heavy atom. The molecule has 1 heterocycles. The Labute approximate surface area is 126 Å². The average molecular weight is 284 g/mol. The van der Waals surface area contributed by atoms with E-state index in [9.17, 15) is 0 Å². The van der Waals surface area contributed by atoms with Crippen LogP contribution in [-0.2, 0) is 4.74 Å². The van der Waals surface area contributed by atoms with Gasteiger partial charge >= 0.3 is 0 Å². The monoisotopic (exact) mass is 284 g/mol. The van der Waals surface area contributed by atoms with Crippen molar-refractivity contribution in [3.63, 3.8) is 0 Å². The van der Waals surface area contributed by atoms with Crippen LogP contribution in [0.3, 0.4) is 0 Å². The molecule has 0 N–H and O–H groups in total. The van der Waals surface area contributed by atoms with Crippen LogP contribution in [-0.4, -0.2) is 61.8 Å². The molecule has 0 aliphatic carbocycles. The minimum Gasteiger partial charge on any atom is -0.377 e. The van der Waals surface area contributed by atoms with E-state index in [0.29, 0.717) is 5.41 Å². The summed E-state index contributed by atoms with van der Waals surface area (Å²) in [4.78, 5) is 5.16. The van der Waals surface area contributed by atoms with Crippen molar-refractivity contribution in [2.75, 3.05) is 46.4 Å². The maximum Gasteiger partial charge on any atom is 0.0749 e. The van der Waals surface area contributed by atoms with E-state index in [1.54, 1.807) is 0 Å². The van der Waals surface area contributed by atoms with Crippen molar-refractivity contribution in [2.45, 2.75) is 59.5 Å². The summed E-state index contributed by atoms with van der Waals surface area (Å²) in [7, 11) is 1.81. The summed E-state index contributed by atoms with van der Waals surface area (Å²) in [5, 5.41) is 0. The molecule has 20 heavy (non-hydrogen) atoms. The highest BCUT2D eigenvalue weighted by Crippen LogP contribution is 2.21. The maximum atomic E-state index is 5.52. The minimum atomic E-state index is -0.0190. The predicted octanol–water partition coefficient (Wildman–Crippen LogP) is 3.25. The number of piperazine rings is 1. The first kappa shape index (κ1) is 17.9. The third kappa shape index (κ3) is 7.61. The van der Waals surface area contributed by atoms with E-state index >= 15 is 0 Å². The molecule has 1 rings (SSSR count). The second-order valence-electron chi connectivity index (χ2n) is 8.10. The van der Waals surface area contributed by atoms with Crippen LogP contribution >= 0.6 is 0 Å². The van der Waals surface area contributed by atoms with Gasteiger partial charge in [0.05, 0.1) is 5.60 Å². The van der Waals surface area contributed by atoms with E-state index in [0.717, 1.165) is 6.54 Å². The quantitative estimate of drug-likeness (QED) is 0.668. The lowest BCUT2D eigenvalue weighted by Crippen LogP contribution is -2.51. The van der Waals surface area contributed by atoms with Crippen LogP contribution < -0.4 is 0 Å². The predicted molar refractivity (Wildman–Crippen MR) is 87.3 cm³/mol.